The van der Waals surface area contributed by atoms with Gasteiger partial charge in [-0.1, -0.05) is 30.3 Å². The summed E-state index contributed by atoms with van der Waals surface area (Å²) in [7, 11) is 0. The zero-order valence-electron chi connectivity index (χ0n) is 11.4. The normalized spacial score (nSPS) is 11.4. The first-order valence-electron chi connectivity index (χ1n) is 6.29. The number of benzene rings is 2. The lowest BCUT2D eigenvalue weighted by Gasteiger charge is -2.24. The number of aryl methyl sites for hydroxylation is 1. The van der Waals surface area contributed by atoms with Gasteiger partial charge in [-0.25, -0.2) is 4.39 Å². The van der Waals surface area contributed by atoms with Crippen LogP contribution in [0.5, 0.6) is 0 Å². The first-order chi connectivity index (χ1) is 8.91. The Kier molecular flexibility index (Phi) is 3.52. The smallest absolute Gasteiger partial charge is 0.172 e. The van der Waals surface area contributed by atoms with Crippen LogP contribution in [0.15, 0.2) is 48.5 Å². The van der Waals surface area contributed by atoms with E-state index in [0.717, 1.165) is 11.1 Å². The molecule has 0 amide bonds. The van der Waals surface area contributed by atoms with E-state index in [0.29, 0.717) is 5.56 Å². The predicted molar refractivity (Wildman–Crippen MR) is 74.9 cm³/mol. The Hall–Kier alpha value is -1.96. The monoisotopic (exact) mass is 256 g/mol. The van der Waals surface area contributed by atoms with Crippen molar-refractivity contribution >= 4 is 5.78 Å². The second kappa shape index (κ2) is 4.96. The van der Waals surface area contributed by atoms with Crippen molar-refractivity contribution in [1.82, 2.24) is 0 Å². The van der Waals surface area contributed by atoms with Crippen molar-refractivity contribution in [3.05, 3.63) is 71.0 Å². The van der Waals surface area contributed by atoms with E-state index in [1.165, 1.54) is 12.1 Å². The zero-order chi connectivity index (χ0) is 14.0. The lowest BCUT2D eigenvalue weighted by atomic mass is 9.78. The minimum absolute atomic E-state index is 0.0682. The molecule has 98 valence electrons. The van der Waals surface area contributed by atoms with Gasteiger partial charge in [0.1, 0.15) is 5.82 Å². The van der Waals surface area contributed by atoms with Gasteiger partial charge in [0.15, 0.2) is 5.78 Å². The number of halogens is 1. The van der Waals surface area contributed by atoms with Crippen LogP contribution in [0.2, 0.25) is 0 Å². The Morgan fingerprint density at radius 1 is 1.05 bits per heavy atom. The molecule has 0 bridgehead atoms. The van der Waals surface area contributed by atoms with E-state index in [-0.39, 0.29) is 11.6 Å². The van der Waals surface area contributed by atoms with Gasteiger partial charge in [0.05, 0.1) is 5.41 Å². The highest BCUT2D eigenvalue weighted by Gasteiger charge is 2.30. The highest BCUT2D eigenvalue weighted by atomic mass is 19.1. The summed E-state index contributed by atoms with van der Waals surface area (Å²) in [5, 5.41) is 0. The fourth-order valence-electron chi connectivity index (χ4n) is 2.21. The van der Waals surface area contributed by atoms with E-state index < -0.39 is 5.41 Å². The first kappa shape index (κ1) is 13.5. The van der Waals surface area contributed by atoms with Crippen LogP contribution in [0.3, 0.4) is 0 Å². The number of hydrogen-bond acceptors (Lipinski definition) is 1. The minimum atomic E-state index is -0.665. The number of rotatable bonds is 3. The number of hydrogen-bond donors (Lipinski definition) is 0. The average Bonchev–Trinajstić information content (AvgIpc) is 2.37. The molecule has 0 aromatic heterocycles. The minimum Gasteiger partial charge on any atom is -0.293 e. The van der Waals surface area contributed by atoms with Crippen LogP contribution in [-0.2, 0) is 5.41 Å². The molecule has 0 spiro atoms. The third-order valence-electron chi connectivity index (χ3n) is 3.37. The Labute approximate surface area is 113 Å². The maximum Gasteiger partial charge on any atom is 0.172 e. The van der Waals surface area contributed by atoms with Crippen LogP contribution >= 0.6 is 0 Å². The van der Waals surface area contributed by atoms with Crippen molar-refractivity contribution in [2.24, 2.45) is 0 Å². The Morgan fingerprint density at radius 3 is 2.26 bits per heavy atom. The Morgan fingerprint density at radius 2 is 1.68 bits per heavy atom. The Bertz CT molecular complexity index is 580. The highest BCUT2D eigenvalue weighted by molar-refractivity contribution is 6.03. The number of carbonyl (C=O) groups excluding carboxylic acids is 1. The van der Waals surface area contributed by atoms with Crippen LogP contribution in [0.25, 0.3) is 0 Å². The summed E-state index contributed by atoms with van der Waals surface area (Å²) in [5.41, 5.74) is 1.45. The Balaban J connectivity index is 2.43. The molecule has 19 heavy (non-hydrogen) atoms. The molecular weight excluding hydrogens is 239 g/mol. The largest absolute Gasteiger partial charge is 0.293 e. The molecule has 0 aliphatic rings. The third-order valence-corrected chi connectivity index (χ3v) is 3.37. The first-order valence-corrected chi connectivity index (χ1v) is 6.29. The molecule has 0 aliphatic heterocycles. The summed E-state index contributed by atoms with van der Waals surface area (Å²) < 4.78 is 13.4. The summed E-state index contributed by atoms with van der Waals surface area (Å²) in [6.07, 6.45) is 0. The summed E-state index contributed by atoms with van der Waals surface area (Å²) >= 11 is 0. The molecule has 0 N–H and O–H groups in total. The van der Waals surface area contributed by atoms with Gasteiger partial charge < -0.3 is 0 Å². The molecule has 0 saturated carbocycles. The van der Waals surface area contributed by atoms with E-state index >= 15 is 0 Å². The standard InChI is InChI=1S/C17H17FO/c1-12-9-13(11-15(18)10-12)16(19)17(2,3)14-7-5-4-6-8-14/h4-11H,1-3H3. The van der Waals surface area contributed by atoms with Crippen molar-refractivity contribution in [2.45, 2.75) is 26.2 Å². The number of carbonyl (C=O) groups is 1. The summed E-state index contributed by atoms with van der Waals surface area (Å²) in [6, 6.07) is 14.0. The van der Waals surface area contributed by atoms with Crippen LogP contribution in [-0.4, -0.2) is 5.78 Å². The van der Waals surface area contributed by atoms with Gasteiger partial charge in [-0.05, 0) is 50.1 Å². The quantitative estimate of drug-likeness (QED) is 0.748. The molecule has 0 atom stereocenters. The molecule has 2 heteroatoms. The van der Waals surface area contributed by atoms with Crippen molar-refractivity contribution in [1.29, 1.82) is 0 Å². The van der Waals surface area contributed by atoms with Crippen LogP contribution < -0.4 is 0 Å². The van der Waals surface area contributed by atoms with E-state index in [1.807, 2.05) is 44.2 Å². The predicted octanol–water partition coefficient (Wildman–Crippen LogP) is 4.29. The molecule has 0 unspecified atom stereocenters. The highest BCUT2D eigenvalue weighted by Crippen LogP contribution is 2.28. The molecule has 0 heterocycles. The molecule has 0 fully saturated rings. The summed E-state index contributed by atoms with van der Waals surface area (Å²) in [5.74, 6) is -0.437. The molecule has 0 saturated heterocycles. The average molecular weight is 256 g/mol. The van der Waals surface area contributed by atoms with E-state index in [4.69, 9.17) is 0 Å². The van der Waals surface area contributed by atoms with Gasteiger partial charge in [0, 0.05) is 5.56 Å². The van der Waals surface area contributed by atoms with E-state index in [2.05, 4.69) is 0 Å². The van der Waals surface area contributed by atoms with Crippen LogP contribution in [0, 0.1) is 12.7 Å². The topological polar surface area (TPSA) is 17.1 Å². The second-order valence-electron chi connectivity index (χ2n) is 5.34. The molecule has 0 aliphatic carbocycles. The van der Waals surface area contributed by atoms with Gasteiger partial charge in [0.2, 0.25) is 0 Å². The number of Topliss-reactive ketones (excluding diaryl/α,β-unsaturated/α-hetero) is 1. The fourth-order valence-corrected chi connectivity index (χ4v) is 2.21. The molecule has 2 rings (SSSR count). The van der Waals surface area contributed by atoms with Crippen molar-refractivity contribution in [3.63, 3.8) is 0 Å². The lowest BCUT2D eigenvalue weighted by Crippen LogP contribution is -2.29. The number of ketones is 1. The maximum absolute atomic E-state index is 13.4. The van der Waals surface area contributed by atoms with Crippen molar-refractivity contribution < 1.29 is 9.18 Å². The third kappa shape index (κ3) is 2.73. The molecular formula is C17H17FO. The molecule has 1 nitrogen and oxygen atoms in total. The van der Waals surface area contributed by atoms with E-state index in [9.17, 15) is 9.18 Å². The molecule has 0 radical (unpaired) electrons. The van der Waals surface area contributed by atoms with E-state index in [1.54, 1.807) is 13.0 Å². The van der Waals surface area contributed by atoms with Crippen LogP contribution in [0.1, 0.15) is 35.3 Å². The molecule has 2 aromatic carbocycles. The van der Waals surface area contributed by atoms with Gasteiger partial charge in [-0.3, -0.25) is 4.79 Å². The van der Waals surface area contributed by atoms with Gasteiger partial charge in [-0.2, -0.15) is 0 Å². The second-order valence-corrected chi connectivity index (χ2v) is 5.34. The fraction of sp³-hybridized carbons (Fsp3) is 0.235. The van der Waals surface area contributed by atoms with Gasteiger partial charge in [0.25, 0.3) is 0 Å². The zero-order valence-corrected chi connectivity index (χ0v) is 11.4. The lowest BCUT2D eigenvalue weighted by molar-refractivity contribution is 0.0908. The van der Waals surface area contributed by atoms with Gasteiger partial charge in [-0.15, -0.1) is 0 Å². The van der Waals surface area contributed by atoms with Gasteiger partial charge >= 0.3 is 0 Å². The SMILES string of the molecule is Cc1cc(F)cc(C(=O)C(C)(C)c2ccccc2)c1. The van der Waals surface area contributed by atoms with Crippen molar-refractivity contribution in [3.8, 4) is 0 Å². The maximum atomic E-state index is 13.4. The molecule has 2 aromatic rings. The summed E-state index contributed by atoms with van der Waals surface area (Å²) in [6.45, 7) is 5.52. The summed E-state index contributed by atoms with van der Waals surface area (Å²) in [4.78, 5) is 12.6. The van der Waals surface area contributed by atoms with Crippen LogP contribution in [0.4, 0.5) is 4.39 Å². The van der Waals surface area contributed by atoms with Crippen molar-refractivity contribution in [2.75, 3.05) is 0 Å².